The van der Waals surface area contributed by atoms with E-state index in [0.29, 0.717) is 0 Å². The number of carbonyl (C=O) groups excluding carboxylic acids is 1. The maximum Gasteiger partial charge on any atom is 0.432 e. The van der Waals surface area contributed by atoms with Gasteiger partial charge in [-0.2, -0.15) is 13.2 Å². The molecule has 0 fully saturated rings. The van der Waals surface area contributed by atoms with Crippen LogP contribution in [0.1, 0.15) is 10.4 Å². The van der Waals surface area contributed by atoms with Gasteiger partial charge in [-0.25, -0.2) is 4.39 Å². The molecule has 20 heavy (non-hydrogen) atoms. The van der Waals surface area contributed by atoms with Crippen molar-refractivity contribution in [3.63, 3.8) is 0 Å². The molecule has 0 N–H and O–H groups in total. The van der Waals surface area contributed by atoms with E-state index in [0.717, 1.165) is 29.3 Å². The normalized spacial score (nSPS) is 15.8. The molecule has 3 nitrogen and oxygen atoms in total. The van der Waals surface area contributed by atoms with Crippen molar-refractivity contribution >= 4 is 11.6 Å². The summed E-state index contributed by atoms with van der Waals surface area (Å²) >= 11 is 0. The molecule has 0 bridgehead atoms. The van der Waals surface area contributed by atoms with Crippen molar-refractivity contribution < 1.29 is 22.4 Å². The quantitative estimate of drug-likeness (QED) is 0.731. The summed E-state index contributed by atoms with van der Waals surface area (Å²) in [5.74, 6) is -0.990. The lowest BCUT2D eigenvalue weighted by Crippen LogP contribution is -2.27. The molecule has 0 aromatic heterocycles. The summed E-state index contributed by atoms with van der Waals surface area (Å²) < 4.78 is 50.2. The van der Waals surface area contributed by atoms with Crippen LogP contribution in [-0.4, -0.2) is 35.8 Å². The van der Waals surface area contributed by atoms with Crippen molar-refractivity contribution in [3.8, 4) is 0 Å². The first-order valence-electron chi connectivity index (χ1n) is 5.74. The van der Waals surface area contributed by atoms with Gasteiger partial charge in [-0.3, -0.25) is 9.79 Å². The molecular weight excluding hydrogens is 276 g/mol. The summed E-state index contributed by atoms with van der Waals surface area (Å²) in [4.78, 5) is 16.5. The van der Waals surface area contributed by atoms with E-state index in [1.165, 1.54) is 12.1 Å². The Morgan fingerprint density at radius 3 is 2.45 bits per heavy atom. The number of carbonyl (C=O) groups is 1. The molecule has 1 amide bonds. The second kappa shape index (κ2) is 5.44. The molecule has 0 spiro atoms. The van der Waals surface area contributed by atoms with Crippen LogP contribution in [0, 0.1) is 5.82 Å². The Hall–Kier alpha value is -2.18. The SMILES string of the molecule is O=C(c1ccc(F)cc1)N1C=CC(C(F)(F)F)=NCC1. The molecule has 1 aliphatic heterocycles. The predicted octanol–water partition coefficient (Wildman–Crippen LogP) is 2.80. The molecule has 0 saturated heterocycles. The second-order valence-electron chi connectivity index (χ2n) is 4.09. The smallest absolute Gasteiger partial charge is 0.313 e. The van der Waals surface area contributed by atoms with Gasteiger partial charge in [-0.05, 0) is 30.3 Å². The van der Waals surface area contributed by atoms with Crippen LogP contribution in [0.4, 0.5) is 17.6 Å². The van der Waals surface area contributed by atoms with E-state index in [2.05, 4.69) is 4.99 Å². The summed E-state index contributed by atoms with van der Waals surface area (Å²) in [5.41, 5.74) is -0.821. The number of alkyl halides is 3. The third-order valence-corrected chi connectivity index (χ3v) is 2.68. The second-order valence-corrected chi connectivity index (χ2v) is 4.09. The van der Waals surface area contributed by atoms with Crippen LogP contribution in [0.2, 0.25) is 0 Å². The Labute approximate surface area is 112 Å². The topological polar surface area (TPSA) is 32.7 Å². The predicted molar refractivity (Wildman–Crippen MR) is 64.9 cm³/mol. The highest BCUT2D eigenvalue weighted by Crippen LogP contribution is 2.20. The van der Waals surface area contributed by atoms with Gasteiger partial charge < -0.3 is 4.90 Å². The van der Waals surface area contributed by atoms with Crippen molar-refractivity contribution in [2.75, 3.05) is 13.1 Å². The fourth-order valence-electron chi connectivity index (χ4n) is 1.68. The summed E-state index contributed by atoms with van der Waals surface area (Å²) in [7, 11) is 0. The molecule has 0 atom stereocenters. The lowest BCUT2D eigenvalue weighted by atomic mass is 10.2. The average molecular weight is 286 g/mol. The van der Waals surface area contributed by atoms with E-state index < -0.39 is 23.6 Å². The monoisotopic (exact) mass is 286 g/mol. The molecule has 1 aromatic rings. The first-order chi connectivity index (χ1) is 9.38. The highest BCUT2D eigenvalue weighted by molar-refractivity contribution is 6.01. The number of nitrogens with zero attached hydrogens (tertiary/aromatic N) is 2. The first-order valence-corrected chi connectivity index (χ1v) is 5.74. The highest BCUT2D eigenvalue weighted by atomic mass is 19.4. The minimum absolute atomic E-state index is 0.0340. The summed E-state index contributed by atoms with van der Waals surface area (Å²) in [6.45, 7) is -0.110. The minimum Gasteiger partial charge on any atom is -0.313 e. The largest absolute Gasteiger partial charge is 0.432 e. The van der Waals surface area contributed by atoms with Gasteiger partial charge >= 0.3 is 6.18 Å². The lowest BCUT2D eigenvalue weighted by molar-refractivity contribution is -0.0578. The van der Waals surface area contributed by atoms with Crippen LogP contribution in [-0.2, 0) is 0 Å². The number of benzene rings is 1. The summed E-state index contributed by atoms with van der Waals surface area (Å²) in [6, 6.07) is 4.79. The molecule has 1 aliphatic rings. The molecule has 106 valence electrons. The number of hydrogen-bond donors (Lipinski definition) is 0. The van der Waals surface area contributed by atoms with Gasteiger partial charge in [0, 0.05) is 18.3 Å². The van der Waals surface area contributed by atoms with Gasteiger partial charge in [-0.1, -0.05) is 0 Å². The molecule has 1 heterocycles. The van der Waals surface area contributed by atoms with Crippen LogP contribution in [0.5, 0.6) is 0 Å². The van der Waals surface area contributed by atoms with Crippen molar-refractivity contribution in [1.29, 1.82) is 0 Å². The summed E-state index contributed by atoms with van der Waals surface area (Å²) in [5, 5.41) is 0. The fraction of sp³-hybridized carbons (Fsp3) is 0.231. The number of allylic oxidation sites excluding steroid dienone is 1. The van der Waals surface area contributed by atoms with E-state index in [1.54, 1.807) is 0 Å². The maximum atomic E-state index is 12.8. The van der Waals surface area contributed by atoms with Gasteiger partial charge in [0.15, 0.2) is 0 Å². The Morgan fingerprint density at radius 2 is 1.85 bits per heavy atom. The van der Waals surface area contributed by atoms with Gasteiger partial charge in [-0.15, -0.1) is 0 Å². The Balaban J connectivity index is 2.15. The van der Waals surface area contributed by atoms with Crippen molar-refractivity contribution in [3.05, 3.63) is 47.9 Å². The van der Waals surface area contributed by atoms with Crippen LogP contribution in [0.25, 0.3) is 0 Å². The zero-order valence-corrected chi connectivity index (χ0v) is 10.2. The van der Waals surface area contributed by atoms with Crippen molar-refractivity contribution in [1.82, 2.24) is 4.90 Å². The fourth-order valence-corrected chi connectivity index (χ4v) is 1.68. The Morgan fingerprint density at radius 1 is 1.20 bits per heavy atom. The number of amides is 1. The van der Waals surface area contributed by atoms with Gasteiger partial charge in [0.25, 0.3) is 5.91 Å². The lowest BCUT2D eigenvalue weighted by Gasteiger charge is -2.16. The average Bonchev–Trinajstić information content (AvgIpc) is 2.64. The number of rotatable bonds is 1. The van der Waals surface area contributed by atoms with E-state index >= 15 is 0 Å². The summed E-state index contributed by atoms with van der Waals surface area (Å²) in [6.07, 6.45) is -2.73. The van der Waals surface area contributed by atoms with Gasteiger partial charge in [0.1, 0.15) is 11.5 Å². The molecule has 2 rings (SSSR count). The minimum atomic E-state index is -4.54. The molecule has 0 radical (unpaired) electrons. The number of aliphatic imine (C=N–C) groups is 1. The van der Waals surface area contributed by atoms with E-state index in [9.17, 15) is 22.4 Å². The standard InChI is InChI=1S/C13H10F4N2O/c14-10-3-1-9(2-4-10)12(20)19-7-5-11(13(15,16)17)18-6-8-19/h1-5,7H,6,8H2. The molecular formula is C13H10F4N2O. The molecule has 1 aromatic carbocycles. The van der Waals surface area contributed by atoms with Crippen LogP contribution < -0.4 is 0 Å². The third kappa shape index (κ3) is 3.23. The van der Waals surface area contributed by atoms with Crippen LogP contribution >= 0.6 is 0 Å². The van der Waals surface area contributed by atoms with Gasteiger partial charge in [0.2, 0.25) is 0 Å². The van der Waals surface area contributed by atoms with Crippen molar-refractivity contribution in [2.45, 2.75) is 6.18 Å². The number of halogens is 4. The molecule has 0 aliphatic carbocycles. The molecule has 7 heteroatoms. The zero-order chi connectivity index (χ0) is 14.8. The molecule has 0 unspecified atom stereocenters. The maximum absolute atomic E-state index is 12.8. The highest BCUT2D eigenvalue weighted by Gasteiger charge is 2.34. The molecule has 0 saturated carbocycles. The zero-order valence-electron chi connectivity index (χ0n) is 10.2. The Bertz CT molecular complexity index is 561. The Kier molecular flexibility index (Phi) is 3.87. The number of hydrogen-bond acceptors (Lipinski definition) is 2. The van der Waals surface area contributed by atoms with E-state index in [-0.39, 0.29) is 18.7 Å². The van der Waals surface area contributed by atoms with Crippen LogP contribution in [0.15, 0.2) is 41.5 Å². The van der Waals surface area contributed by atoms with Gasteiger partial charge in [0.05, 0.1) is 6.54 Å². The van der Waals surface area contributed by atoms with E-state index in [4.69, 9.17) is 0 Å². The first kappa shape index (κ1) is 14.2. The van der Waals surface area contributed by atoms with E-state index in [1.807, 2.05) is 0 Å². The van der Waals surface area contributed by atoms with Crippen molar-refractivity contribution in [2.24, 2.45) is 4.99 Å². The third-order valence-electron chi connectivity index (χ3n) is 2.68. The van der Waals surface area contributed by atoms with Crippen LogP contribution in [0.3, 0.4) is 0 Å².